The molecule has 3 aliphatic heterocycles. The number of imide groups is 1. The zero-order valence-electron chi connectivity index (χ0n) is 21.3. The molecule has 0 bridgehead atoms. The van der Waals surface area contributed by atoms with Gasteiger partial charge in [0.15, 0.2) is 0 Å². The van der Waals surface area contributed by atoms with Crippen molar-refractivity contribution in [2.24, 2.45) is 0 Å². The van der Waals surface area contributed by atoms with Gasteiger partial charge >= 0.3 is 0 Å². The second-order valence-corrected chi connectivity index (χ2v) is 12.2. The van der Waals surface area contributed by atoms with Crippen LogP contribution in [0.4, 0.5) is 5.69 Å². The normalized spacial score (nSPS) is 21.4. The molecule has 6 rings (SSSR count). The third kappa shape index (κ3) is 4.41. The molecular formula is C29H31N5O2S. The van der Waals surface area contributed by atoms with Gasteiger partial charge in [-0.2, -0.15) is 5.26 Å². The largest absolute Gasteiger partial charge is 0.366 e. The molecule has 0 saturated carbocycles. The number of benzene rings is 1. The average molecular weight is 514 g/mol. The first-order valence-electron chi connectivity index (χ1n) is 13.1. The minimum absolute atomic E-state index is 0.0959. The van der Waals surface area contributed by atoms with Crippen molar-refractivity contribution in [2.45, 2.75) is 70.5 Å². The van der Waals surface area contributed by atoms with E-state index >= 15 is 0 Å². The van der Waals surface area contributed by atoms with Gasteiger partial charge in [-0.3, -0.25) is 19.5 Å². The Morgan fingerprint density at radius 3 is 2.68 bits per heavy atom. The van der Waals surface area contributed by atoms with Gasteiger partial charge in [-0.25, -0.2) is 0 Å². The number of pyridine rings is 1. The molecule has 7 nitrogen and oxygen atoms in total. The fourth-order valence-electron chi connectivity index (χ4n) is 6.17. The van der Waals surface area contributed by atoms with E-state index in [0.29, 0.717) is 37.4 Å². The number of aromatic nitrogens is 1. The summed E-state index contributed by atoms with van der Waals surface area (Å²) in [7, 11) is 0. The average Bonchev–Trinajstić information content (AvgIpc) is 3.47. The summed E-state index contributed by atoms with van der Waals surface area (Å²) in [6.07, 6.45) is 6.41. The van der Waals surface area contributed by atoms with Crippen LogP contribution in [0.3, 0.4) is 0 Å². The smallest absolute Gasteiger partial charge is 0.229 e. The molecule has 1 aromatic carbocycles. The Balaban J connectivity index is 1.45. The summed E-state index contributed by atoms with van der Waals surface area (Å²) in [6.45, 7) is 6.75. The van der Waals surface area contributed by atoms with E-state index in [4.69, 9.17) is 0 Å². The van der Waals surface area contributed by atoms with Crippen LogP contribution in [0, 0.1) is 11.3 Å². The summed E-state index contributed by atoms with van der Waals surface area (Å²) in [5, 5.41) is 13.5. The van der Waals surface area contributed by atoms with Crippen molar-refractivity contribution in [3.8, 4) is 17.2 Å². The van der Waals surface area contributed by atoms with E-state index in [-0.39, 0.29) is 17.4 Å². The number of thiophene rings is 1. The SMILES string of the molecule is CC1(C)CC(N2CCCc3cc(C#N)cc(-c4ccnc5cc(CN6C(=O)CCCC6=O)sc45)c32)CN1. The number of fused-ring (bicyclic) bond motifs is 2. The molecule has 3 aliphatic rings. The predicted octanol–water partition coefficient (Wildman–Crippen LogP) is 4.77. The highest BCUT2D eigenvalue weighted by atomic mass is 32.1. The van der Waals surface area contributed by atoms with Crippen molar-refractivity contribution in [1.29, 1.82) is 5.26 Å². The number of carbonyl (C=O) groups excluding carboxylic acids is 2. The lowest BCUT2D eigenvalue weighted by Gasteiger charge is -2.38. The number of nitrogens with zero attached hydrogens (tertiary/aromatic N) is 4. The molecule has 2 saturated heterocycles. The number of hydrogen-bond donors (Lipinski definition) is 1. The number of nitrogens with one attached hydrogen (secondary N) is 1. The minimum Gasteiger partial charge on any atom is -0.366 e. The van der Waals surface area contributed by atoms with Crippen LogP contribution >= 0.6 is 11.3 Å². The van der Waals surface area contributed by atoms with Crippen molar-refractivity contribution in [2.75, 3.05) is 18.0 Å². The summed E-state index contributed by atoms with van der Waals surface area (Å²) in [6, 6.07) is 10.9. The van der Waals surface area contributed by atoms with Gasteiger partial charge in [0.1, 0.15) is 0 Å². The molecule has 8 heteroatoms. The number of nitriles is 1. The van der Waals surface area contributed by atoms with E-state index in [0.717, 1.165) is 58.6 Å². The van der Waals surface area contributed by atoms with Gasteiger partial charge in [-0.05, 0) is 69.4 Å². The Morgan fingerprint density at radius 2 is 1.95 bits per heavy atom. The molecular weight excluding hydrogens is 482 g/mol. The van der Waals surface area contributed by atoms with Crippen molar-refractivity contribution in [3.05, 3.63) is 46.5 Å². The Morgan fingerprint density at radius 1 is 1.14 bits per heavy atom. The van der Waals surface area contributed by atoms with E-state index in [1.54, 1.807) is 11.3 Å². The highest BCUT2D eigenvalue weighted by molar-refractivity contribution is 7.19. The highest BCUT2D eigenvalue weighted by Gasteiger charge is 2.37. The Labute approximate surface area is 221 Å². The maximum Gasteiger partial charge on any atom is 0.229 e. The third-order valence-corrected chi connectivity index (χ3v) is 9.05. The lowest BCUT2D eigenvalue weighted by atomic mass is 9.90. The number of aryl methyl sites for hydroxylation is 1. The molecule has 2 aromatic heterocycles. The standard InChI is InChI=1S/C29H31N5O2S/c1-29(2)14-20(16-32-29)33-10-4-5-19-11-18(15-30)12-23(27(19)33)22-8-9-31-24-13-21(37-28(22)24)17-34-25(35)6-3-7-26(34)36/h8-9,11-13,20,32H,3-7,10,14,16-17H2,1-2H3. The van der Waals surface area contributed by atoms with Crippen LogP contribution in [0.15, 0.2) is 30.5 Å². The molecule has 1 atom stereocenters. The van der Waals surface area contributed by atoms with Crippen molar-refractivity contribution in [3.63, 3.8) is 0 Å². The maximum atomic E-state index is 12.4. The fraction of sp³-hybridized carbons (Fsp3) is 0.448. The first-order valence-corrected chi connectivity index (χ1v) is 13.9. The van der Waals surface area contributed by atoms with Crippen LogP contribution < -0.4 is 10.2 Å². The van der Waals surface area contributed by atoms with Gasteiger partial charge in [-0.1, -0.05) is 0 Å². The van der Waals surface area contributed by atoms with Crippen LogP contribution in [0.5, 0.6) is 0 Å². The van der Waals surface area contributed by atoms with Crippen molar-refractivity contribution >= 4 is 39.1 Å². The number of hydrogen-bond acceptors (Lipinski definition) is 7. The molecule has 0 spiro atoms. The van der Waals surface area contributed by atoms with Crippen LogP contribution in [0.25, 0.3) is 21.3 Å². The van der Waals surface area contributed by atoms with E-state index in [2.05, 4.69) is 41.2 Å². The molecule has 3 aromatic rings. The minimum atomic E-state index is -0.0959. The fourth-order valence-corrected chi connectivity index (χ4v) is 7.30. The summed E-state index contributed by atoms with van der Waals surface area (Å²) in [4.78, 5) is 34.3. The summed E-state index contributed by atoms with van der Waals surface area (Å²) >= 11 is 1.59. The predicted molar refractivity (Wildman–Crippen MR) is 145 cm³/mol. The van der Waals surface area contributed by atoms with Gasteiger partial charge in [0.2, 0.25) is 11.8 Å². The summed E-state index contributed by atoms with van der Waals surface area (Å²) in [5.74, 6) is -0.192. The first-order chi connectivity index (χ1) is 17.8. The molecule has 0 aliphatic carbocycles. The van der Waals surface area contributed by atoms with Gasteiger partial charge < -0.3 is 10.2 Å². The highest BCUT2D eigenvalue weighted by Crippen LogP contribution is 2.44. The monoisotopic (exact) mass is 513 g/mol. The Hall–Kier alpha value is -3.28. The van der Waals surface area contributed by atoms with Gasteiger partial charge in [0.05, 0.1) is 28.4 Å². The molecule has 1 unspecified atom stereocenters. The van der Waals surface area contributed by atoms with Crippen LogP contribution in [-0.4, -0.2) is 46.4 Å². The lowest BCUT2D eigenvalue weighted by Crippen LogP contribution is -2.40. The quantitative estimate of drug-likeness (QED) is 0.506. The Bertz CT molecular complexity index is 1440. The zero-order valence-corrected chi connectivity index (χ0v) is 22.2. The second kappa shape index (κ2) is 9.23. The van der Waals surface area contributed by atoms with E-state index < -0.39 is 0 Å². The second-order valence-electron chi connectivity index (χ2n) is 11.1. The summed E-state index contributed by atoms with van der Waals surface area (Å²) in [5.41, 5.74) is 6.23. The van der Waals surface area contributed by atoms with E-state index in [1.165, 1.54) is 16.2 Å². The van der Waals surface area contributed by atoms with Crippen LogP contribution in [-0.2, 0) is 22.6 Å². The number of rotatable bonds is 4. The van der Waals surface area contributed by atoms with Crippen molar-refractivity contribution < 1.29 is 9.59 Å². The molecule has 190 valence electrons. The Kier molecular flexibility index (Phi) is 6.01. The molecule has 0 radical (unpaired) electrons. The molecule has 2 amide bonds. The number of amides is 2. The number of likely N-dealkylation sites (tertiary alicyclic amines) is 1. The number of carbonyl (C=O) groups is 2. The lowest BCUT2D eigenvalue weighted by molar-refractivity contribution is -0.148. The van der Waals surface area contributed by atoms with E-state index in [1.807, 2.05) is 24.4 Å². The maximum absolute atomic E-state index is 12.4. The van der Waals surface area contributed by atoms with Gasteiger partial charge in [-0.15, -0.1) is 11.3 Å². The first kappa shape index (κ1) is 24.1. The van der Waals surface area contributed by atoms with Crippen LogP contribution in [0.2, 0.25) is 0 Å². The van der Waals surface area contributed by atoms with Gasteiger partial charge in [0.25, 0.3) is 0 Å². The topological polar surface area (TPSA) is 89.3 Å². The molecule has 2 fully saturated rings. The van der Waals surface area contributed by atoms with E-state index in [9.17, 15) is 14.9 Å². The molecule has 37 heavy (non-hydrogen) atoms. The van der Waals surface area contributed by atoms with Crippen molar-refractivity contribution in [1.82, 2.24) is 15.2 Å². The number of anilines is 1. The van der Waals surface area contributed by atoms with Crippen LogP contribution in [0.1, 0.15) is 62.0 Å². The molecule has 1 N–H and O–H groups in total. The molecule has 5 heterocycles. The third-order valence-electron chi connectivity index (χ3n) is 7.90. The zero-order chi connectivity index (χ0) is 25.7. The summed E-state index contributed by atoms with van der Waals surface area (Å²) < 4.78 is 1.03. The number of piperidine rings is 1. The van der Waals surface area contributed by atoms with Gasteiger partial charge in [0, 0.05) is 65.4 Å².